The van der Waals surface area contributed by atoms with E-state index < -0.39 is 16.6 Å². The number of nitrogens with zero attached hydrogens (tertiary/aromatic N) is 1. The van der Waals surface area contributed by atoms with Crippen LogP contribution in [-0.4, -0.2) is 18.3 Å². The summed E-state index contributed by atoms with van der Waals surface area (Å²) in [4.78, 5) is 32.5. The van der Waals surface area contributed by atoms with Crippen molar-refractivity contribution in [2.75, 3.05) is 18.1 Å². The van der Waals surface area contributed by atoms with Gasteiger partial charge < -0.3 is 14.7 Å². The second kappa shape index (κ2) is 16.3. The first-order chi connectivity index (χ1) is 25.4. The molecule has 0 aliphatic carbocycles. The Hall–Kier alpha value is -4.11. The van der Waals surface area contributed by atoms with E-state index in [9.17, 15) is 14.7 Å². The van der Waals surface area contributed by atoms with Gasteiger partial charge in [-0.25, -0.2) is 0 Å². The van der Waals surface area contributed by atoms with Crippen molar-refractivity contribution in [3.63, 3.8) is 0 Å². The van der Waals surface area contributed by atoms with Crippen molar-refractivity contribution in [3.05, 3.63) is 105 Å². The van der Waals surface area contributed by atoms with E-state index in [1.807, 2.05) is 23.9 Å². The van der Waals surface area contributed by atoms with Crippen LogP contribution in [0.15, 0.2) is 104 Å². The van der Waals surface area contributed by atoms with E-state index in [4.69, 9.17) is 4.74 Å². The molecule has 2 aromatic heterocycles. The van der Waals surface area contributed by atoms with Crippen LogP contribution in [0.2, 0.25) is 0 Å². The summed E-state index contributed by atoms with van der Waals surface area (Å²) < 4.78 is 6.20. The van der Waals surface area contributed by atoms with E-state index in [1.54, 1.807) is 11.3 Å². The molecular formula is C44H45NO4S3. The van der Waals surface area contributed by atoms with Crippen molar-refractivity contribution in [1.82, 2.24) is 0 Å². The maximum absolute atomic E-state index is 12.0. The summed E-state index contributed by atoms with van der Waals surface area (Å²) in [7, 11) is 0. The largest absolute Gasteiger partial charge is 0.503 e. The fourth-order valence-corrected chi connectivity index (χ4v) is 10.2. The second-order valence-electron chi connectivity index (χ2n) is 13.6. The highest BCUT2D eigenvalue weighted by Gasteiger charge is 2.26. The van der Waals surface area contributed by atoms with Crippen LogP contribution in [0.1, 0.15) is 72.1 Å². The fraction of sp³-hybridized carbons (Fsp3) is 0.318. The number of anilines is 2. The van der Waals surface area contributed by atoms with Gasteiger partial charge in [0.2, 0.25) is 5.43 Å². The number of aromatic hydroxyl groups is 1. The minimum absolute atomic E-state index is 0.136. The minimum Gasteiger partial charge on any atom is -0.503 e. The summed E-state index contributed by atoms with van der Waals surface area (Å²) in [6.07, 6.45) is 9.68. The van der Waals surface area contributed by atoms with Crippen molar-refractivity contribution >= 4 is 45.8 Å². The molecule has 7 rings (SSSR count). The third-order valence-electron chi connectivity index (χ3n) is 10.0. The van der Waals surface area contributed by atoms with E-state index in [2.05, 4.69) is 98.5 Å². The highest BCUT2D eigenvalue weighted by molar-refractivity contribution is 7.99. The van der Waals surface area contributed by atoms with E-state index in [1.165, 1.54) is 87.7 Å². The van der Waals surface area contributed by atoms with Crippen molar-refractivity contribution in [2.24, 2.45) is 5.92 Å². The van der Waals surface area contributed by atoms with Gasteiger partial charge in [0.25, 0.3) is 5.43 Å². The topological polar surface area (TPSA) is 66.8 Å². The number of benzene rings is 3. The Morgan fingerprint density at radius 3 is 1.94 bits per heavy atom. The molecule has 268 valence electrons. The number of thiophene rings is 2. The standard InChI is InChI=1S/C44H45NO4S3/c1-4-7-9-10-24-45-33-18-14-30(29-12-16-32(17-13-29)49-27-28(6-3)11-8-5-2)25-39(33)52-40-26-31(15-19-34(40)45)35-20-21-36(50-35)37-22-23-38(51-37)41-42(46)44(48)43(41)47/h12-23,25-26,28,46H,4-11,24,27H2,1-3H3. The molecule has 1 aliphatic heterocycles. The molecular weight excluding hydrogens is 703 g/mol. The van der Waals surface area contributed by atoms with E-state index in [0.717, 1.165) is 46.4 Å². The van der Waals surface area contributed by atoms with Gasteiger partial charge in [-0.05, 0) is 96.1 Å². The first-order valence-corrected chi connectivity index (χ1v) is 21.0. The molecule has 3 heterocycles. The molecule has 0 saturated carbocycles. The van der Waals surface area contributed by atoms with Gasteiger partial charge in [0.15, 0.2) is 5.75 Å². The molecule has 0 radical (unpaired) electrons. The van der Waals surface area contributed by atoms with Crippen molar-refractivity contribution in [1.29, 1.82) is 0 Å². The molecule has 0 saturated heterocycles. The monoisotopic (exact) mass is 747 g/mol. The zero-order valence-corrected chi connectivity index (χ0v) is 32.5. The number of unbranched alkanes of at least 4 members (excludes halogenated alkanes) is 4. The number of hydrogen-bond acceptors (Lipinski definition) is 8. The van der Waals surface area contributed by atoms with Crippen molar-refractivity contribution < 1.29 is 9.84 Å². The van der Waals surface area contributed by atoms with Gasteiger partial charge in [0.1, 0.15) is 5.75 Å². The van der Waals surface area contributed by atoms with E-state index >= 15 is 0 Å². The van der Waals surface area contributed by atoms with Gasteiger partial charge in [0, 0.05) is 35.8 Å². The van der Waals surface area contributed by atoms with Crippen LogP contribution < -0.4 is 20.5 Å². The van der Waals surface area contributed by atoms with E-state index in [-0.39, 0.29) is 5.56 Å². The van der Waals surface area contributed by atoms with Gasteiger partial charge >= 0.3 is 0 Å². The Morgan fingerprint density at radius 1 is 0.654 bits per heavy atom. The van der Waals surface area contributed by atoms with Crippen LogP contribution in [-0.2, 0) is 0 Å². The highest BCUT2D eigenvalue weighted by Crippen LogP contribution is 2.51. The van der Waals surface area contributed by atoms with Crippen LogP contribution >= 0.6 is 34.4 Å². The molecule has 0 fully saturated rings. The zero-order valence-electron chi connectivity index (χ0n) is 30.1. The van der Waals surface area contributed by atoms with E-state index in [0.29, 0.717) is 10.8 Å². The molecule has 0 spiro atoms. The third-order valence-corrected chi connectivity index (χ3v) is 13.6. The predicted octanol–water partition coefficient (Wildman–Crippen LogP) is 12.6. The molecule has 1 atom stereocenters. The Balaban J connectivity index is 1.12. The van der Waals surface area contributed by atoms with Gasteiger partial charge in [-0.1, -0.05) is 95.3 Å². The van der Waals surface area contributed by atoms with Gasteiger partial charge in [-0.3, -0.25) is 9.59 Å². The predicted molar refractivity (Wildman–Crippen MR) is 221 cm³/mol. The van der Waals surface area contributed by atoms with Crippen LogP contribution in [0.25, 0.3) is 41.8 Å². The Labute approximate surface area is 318 Å². The van der Waals surface area contributed by atoms with Crippen LogP contribution in [0.3, 0.4) is 0 Å². The summed E-state index contributed by atoms with van der Waals surface area (Å²) in [6.45, 7) is 8.51. The lowest BCUT2D eigenvalue weighted by atomic mass is 10.0. The normalized spacial score (nSPS) is 12.9. The second-order valence-corrected chi connectivity index (χ2v) is 16.9. The Bertz CT molecular complexity index is 2220. The van der Waals surface area contributed by atoms with Crippen molar-refractivity contribution in [3.8, 4) is 53.3 Å². The molecule has 1 aliphatic rings. The number of hydrogen-bond donors (Lipinski definition) is 1. The highest BCUT2D eigenvalue weighted by atomic mass is 32.2. The first kappa shape index (κ1) is 36.3. The first-order valence-electron chi connectivity index (χ1n) is 18.6. The zero-order chi connectivity index (χ0) is 36.2. The molecule has 52 heavy (non-hydrogen) atoms. The maximum atomic E-state index is 12.0. The number of ether oxygens (including phenoxy) is 1. The molecule has 1 N–H and O–H groups in total. The lowest BCUT2D eigenvalue weighted by Gasteiger charge is -2.33. The molecule has 0 amide bonds. The summed E-state index contributed by atoms with van der Waals surface area (Å²) in [5.41, 5.74) is 4.80. The Morgan fingerprint density at radius 2 is 1.27 bits per heavy atom. The third kappa shape index (κ3) is 7.52. The summed E-state index contributed by atoms with van der Waals surface area (Å²) in [5, 5.41) is 9.93. The molecule has 1 unspecified atom stereocenters. The molecule has 0 bridgehead atoms. The van der Waals surface area contributed by atoms with Crippen LogP contribution in [0.4, 0.5) is 11.4 Å². The molecule has 4 aromatic carbocycles. The molecule has 8 heteroatoms. The smallest absolute Gasteiger partial charge is 0.268 e. The molecule has 5 nitrogen and oxygen atoms in total. The van der Waals surface area contributed by atoms with Crippen LogP contribution in [0, 0.1) is 5.92 Å². The lowest BCUT2D eigenvalue weighted by molar-refractivity contribution is 0.233. The average molecular weight is 748 g/mol. The summed E-state index contributed by atoms with van der Waals surface area (Å²) in [5.74, 6) is 1.12. The minimum atomic E-state index is -0.801. The quantitative estimate of drug-likeness (QED) is 0.0785. The van der Waals surface area contributed by atoms with Gasteiger partial charge in [-0.2, -0.15) is 0 Å². The van der Waals surface area contributed by atoms with Gasteiger partial charge in [-0.15, -0.1) is 22.7 Å². The average Bonchev–Trinajstić information content (AvgIpc) is 3.87. The Kier molecular flexibility index (Phi) is 11.3. The maximum Gasteiger partial charge on any atom is 0.268 e. The summed E-state index contributed by atoms with van der Waals surface area (Å²) in [6, 6.07) is 30.3. The van der Waals surface area contributed by atoms with Gasteiger partial charge in [0.05, 0.1) is 23.5 Å². The SMILES string of the molecule is CCCCCCN1c2ccc(-c3ccc(OCC(CC)CCCC)cc3)cc2Sc2cc(-c3ccc(-c4ccc(-c5c(O)c(=O)c5=O)s4)s3)ccc21. The van der Waals surface area contributed by atoms with Crippen molar-refractivity contribution in [2.45, 2.75) is 81.9 Å². The number of rotatable bonds is 16. The fourth-order valence-electron chi connectivity index (χ4n) is 6.85. The molecule has 6 aromatic rings. The summed E-state index contributed by atoms with van der Waals surface area (Å²) >= 11 is 4.97. The number of fused-ring (bicyclic) bond motifs is 2. The van der Waals surface area contributed by atoms with Crippen LogP contribution in [0.5, 0.6) is 11.5 Å². The lowest BCUT2D eigenvalue weighted by Crippen LogP contribution is -2.31.